The van der Waals surface area contributed by atoms with Crippen molar-refractivity contribution in [3.05, 3.63) is 34.4 Å². The van der Waals surface area contributed by atoms with Gasteiger partial charge in [0, 0.05) is 0 Å². The standard InChI is InChI=1S/C11H14O3P/c1-7-5-8(2)10(9(3)6-7)11(12)15(13)14-4/h5-6H,1-4H3/q+1. The lowest BCUT2D eigenvalue weighted by Crippen LogP contribution is -2.01. The molecule has 1 rings (SSSR count). The van der Waals surface area contributed by atoms with E-state index in [0.717, 1.165) is 16.7 Å². The van der Waals surface area contributed by atoms with Crippen LogP contribution in [-0.2, 0) is 9.09 Å². The van der Waals surface area contributed by atoms with Crippen LogP contribution in [0.1, 0.15) is 27.0 Å². The molecule has 15 heavy (non-hydrogen) atoms. The summed E-state index contributed by atoms with van der Waals surface area (Å²) in [6.07, 6.45) is 0. The van der Waals surface area contributed by atoms with E-state index in [4.69, 9.17) is 0 Å². The van der Waals surface area contributed by atoms with Gasteiger partial charge < -0.3 is 0 Å². The van der Waals surface area contributed by atoms with Crippen molar-refractivity contribution in [2.45, 2.75) is 20.8 Å². The Kier molecular flexibility index (Phi) is 3.72. The number of rotatable bonds is 3. The van der Waals surface area contributed by atoms with Gasteiger partial charge in [-0.05, 0) is 36.5 Å². The zero-order valence-electron chi connectivity index (χ0n) is 9.33. The van der Waals surface area contributed by atoms with Gasteiger partial charge in [0.1, 0.15) is 0 Å². The van der Waals surface area contributed by atoms with Crippen LogP contribution >= 0.6 is 8.03 Å². The molecule has 4 heteroatoms. The number of hydrogen-bond donors (Lipinski definition) is 0. The Labute approximate surface area is 90.3 Å². The Hall–Kier alpha value is -1.05. The maximum Gasteiger partial charge on any atom is 0.592 e. The second kappa shape index (κ2) is 4.65. The first-order chi connectivity index (χ1) is 6.97. The minimum atomic E-state index is -2.25. The van der Waals surface area contributed by atoms with Gasteiger partial charge in [-0.3, -0.25) is 0 Å². The molecular weight excluding hydrogens is 211 g/mol. The number of hydrogen-bond acceptors (Lipinski definition) is 3. The Morgan fingerprint density at radius 1 is 1.20 bits per heavy atom. The number of aryl methyl sites for hydroxylation is 3. The number of carbonyl (C=O) groups is 1. The average molecular weight is 225 g/mol. The lowest BCUT2D eigenvalue weighted by molar-refractivity contribution is 0.106. The SMILES string of the molecule is CO[P+](=O)C(=O)c1c(C)cc(C)cc1C. The highest BCUT2D eigenvalue weighted by atomic mass is 31.1. The third kappa shape index (κ3) is 2.49. The molecule has 0 aromatic heterocycles. The molecule has 1 aromatic rings. The van der Waals surface area contributed by atoms with Crippen molar-refractivity contribution in [2.24, 2.45) is 0 Å². The molecule has 1 unspecified atom stereocenters. The van der Waals surface area contributed by atoms with Crippen LogP contribution in [0.4, 0.5) is 0 Å². The molecule has 80 valence electrons. The zero-order chi connectivity index (χ0) is 11.6. The van der Waals surface area contributed by atoms with Crippen LogP contribution in [0.2, 0.25) is 0 Å². The molecule has 0 N–H and O–H groups in total. The summed E-state index contributed by atoms with van der Waals surface area (Å²) in [6, 6.07) is 3.80. The molecule has 1 aromatic carbocycles. The van der Waals surface area contributed by atoms with Gasteiger partial charge >= 0.3 is 13.6 Å². The van der Waals surface area contributed by atoms with Gasteiger partial charge in [-0.15, -0.1) is 4.52 Å². The van der Waals surface area contributed by atoms with Crippen LogP contribution in [0.25, 0.3) is 0 Å². The monoisotopic (exact) mass is 225 g/mol. The lowest BCUT2D eigenvalue weighted by atomic mass is 10.0. The smallest absolute Gasteiger partial charge is 0.231 e. The molecule has 0 spiro atoms. The molecule has 0 aliphatic rings. The van der Waals surface area contributed by atoms with E-state index >= 15 is 0 Å². The van der Waals surface area contributed by atoms with E-state index in [1.165, 1.54) is 7.11 Å². The average Bonchev–Trinajstić information content (AvgIpc) is 2.14. The highest BCUT2D eigenvalue weighted by Crippen LogP contribution is 2.30. The summed E-state index contributed by atoms with van der Waals surface area (Å²) in [4.78, 5) is 11.7. The van der Waals surface area contributed by atoms with Gasteiger partial charge in [0.05, 0.1) is 12.7 Å². The summed E-state index contributed by atoms with van der Waals surface area (Å²) in [5.74, 6) is 0. The van der Waals surface area contributed by atoms with E-state index in [-0.39, 0.29) is 0 Å². The Balaban J connectivity index is 3.26. The van der Waals surface area contributed by atoms with E-state index in [1.807, 2.05) is 32.9 Å². The summed E-state index contributed by atoms with van der Waals surface area (Å²) in [7, 11) is -0.974. The highest BCUT2D eigenvalue weighted by molar-refractivity contribution is 7.60. The largest absolute Gasteiger partial charge is 0.592 e. The molecule has 3 nitrogen and oxygen atoms in total. The van der Waals surface area contributed by atoms with Crippen LogP contribution in [0.3, 0.4) is 0 Å². The maximum atomic E-state index is 11.7. The van der Waals surface area contributed by atoms with Gasteiger partial charge in [0.15, 0.2) is 0 Å². The third-order valence-electron chi connectivity index (χ3n) is 2.22. The molecule has 0 fully saturated rings. The van der Waals surface area contributed by atoms with Gasteiger partial charge in [0.25, 0.3) is 0 Å². The molecule has 0 saturated heterocycles. The Bertz CT molecular complexity index is 401. The molecule has 0 aliphatic carbocycles. The first-order valence-electron chi connectivity index (χ1n) is 4.61. The van der Waals surface area contributed by atoms with E-state index in [9.17, 15) is 9.36 Å². The second-order valence-electron chi connectivity index (χ2n) is 3.52. The summed E-state index contributed by atoms with van der Waals surface area (Å²) in [6.45, 7) is 5.64. The molecule has 0 saturated carbocycles. The number of benzene rings is 1. The van der Waals surface area contributed by atoms with Crippen molar-refractivity contribution in [3.63, 3.8) is 0 Å². The molecule has 0 radical (unpaired) electrons. The van der Waals surface area contributed by atoms with E-state index < -0.39 is 13.6 Å². The van der Waals surface area contributed by atoms with Crippen molar-refractivity contribution >= 4 is 13.6 Å². The topological polar surface area (TPSA) is 43.4 Å². The molecule has 0 bridgehead atoms. The van der Waals surface area contributed by atoms with Crippen LogP contribution in [0.15, 0.2) is 12.1 Å². The fraction of sp³-hybridized carbons (Fsp3) is 0.364. The fourth-order valence-electron chi connectivity index (χ4n) is 1.69. The first-order valence-corrected chi connectivity index (χ1v) is 5.78. The maximum absolute atomic E-state index is 11.7. The van der Waals surface area contributed by atoms with Gasteiger partial charge in [-0.25, -0.2) is 4.79 Å². The second-order valence-corrected chi connectivity index (χ2v) is 4.80. The van der Waals surface area contributed by atoms with E-state index in [1.54, 1.807) is 0 Å². The van der Waals surface area contributed by atoms with Crippen LogP contribution in [0.5, 0.6) is 0 Å². The molecular formula is C11H14O3P+. The summed E-state index contributed by atoms with van der Waals surface area (Å²) >= 11 is 0. The van der Waals surface area contributed by atoms with Crippen molar-refractivity contribution in [2.75, 3.05) is 7.11 Å². The minimum absolute atomic E-state index is 0.428. The van der Waals surface area contributed by atoms with E-state index in [0.29, 0.717) is 5.56 Å². The predicted molar refractivity (Wildman–Crippen MR) is 59.6 cm³/mol. The van der Waals surface area contributed by atoms with Crippen molar-refractivity contribution in [1.29, 1.82) is 0 Å². The van der Waals surface area contributed by atoms with Crippen molar-refractivity contribution in [1.82, 2.24) is 0 Å². The van der Waals surface area contributed by atoms with Gasteiger partial charge in [-0.2, -0.15) is 0 Å². The van der Waals surface area contributed by atoms with Crippen LogP contribution in [0, 0.1) is 20.8 Å². The molecule has 1 atom stereocenters. The summed E-state index contributed by atoms with van der Waals surface area (Å²) in [5.41, 5.74) is 2.87. The molecule has 0 heterocycles. The van der Waals surface area contributed by atoms with E-state index in [2.05, 4.69) is 4.52 Å². The van der Waals surface area contributed by atoms with Crippen LogP contribution in [-0.4, -0.2) is 12.6 Å². The highest BCUT2D eigenvalue weighted by Gasteiger charge is 2.33. The third-order valence-corrected chi connectivity index (χ3v) is 3.11. The normalized spacial score (nSPS) is 11.3. The lowest BCUT2D eigenvalue weighted by Gasteiger charge is -2.04. The predicted octanol–water partition coefficient (Wildman–Crippen LogP) is 3.14. The minimum Gasteiger partial charge on any atom is -0.231 e. The van der Waals surface area contributed by atoms with Gasteiger partial charge in [0.2, 0.25) is 0 Å². The Morgan fingerprint density at radius 3 is 2.07 bits per heavy atom. The molecule has 0 amide bonds. The fourth-order valence-corrected chi connectivity index (χ4v) is 2.39. The zero-order valence-corrected chi connectivity index (χ0v) is 10.2. The summed E-state index contributed by atoms with van der Waals surface area (Å²) in [5, 5.41) is 0. The molecule has 0 aliphatic heterocycles. The Morgan fingerprint density at radius 2 is 1.67 bits per heavy atom. The van der Waals surface area contributed by atoms with Crippen molar-refractivity contribution < 1.29 is 13.9 Å². The van der Waals surface area contributed by atoms with Gasteiger partial charge in [-0.1, -0.05) is 17.7 Å². The first kappa shape index (κ1) is 12.0. The van der Waals surface area contributed by atoms with Crippen LogP contribution < -0.4 is 0 Å². The van der Waals surface area contributed by atoms with Crippen molar-refractivity contribution in [3.8, 4) is 0 Å². The quantitative estimate of drug-likeness (QED) is 0.742. The number of carbonyl (C=O) groups excluding carboxylic acids is 1. The summed E-state index contributed by atoms with van der Waals surface area (Å²) < 4.78 is 15.8.